The largest absolute Gasteiger partial charge is 0.493 e. The molecule has 0 saturated carbocycles. The van der Waals surface area contributed by atoms with E-state index >= 15 is 0 Å². The Bertz CT molecular complexity index is 987. The second-order valence-corrected chi connectivity index (χ2v) is 6.99. The Morgan fingerprint density at radius 1 is 1.07 bits per heavy atom. The molecule has 1 amide bonds. The number of benzene rings is 2. The minimum Gasteiger partial charge on any atom is -0.493 e. The number of piperidine rings is 1. The Hall–Kier alpha value is -3.35. The molecule has 0 radical (unpaired) electrons. The fourth-order valence-corrected chi connectivity index (χ4v) is 3.73. The molecular weight excluding hydrogens is 368 g/mol. The third kappa shape index (κ3) is 3.81. The molecule has 1 aliphatic heterocycles. The number of aromatic nitrogens is 3. The minimum atomic E-state index is -0.130. The standard InChI is InChI=1S/C22H24N4O3/c1-28-18-12-11-16(14-19(18)29-2)22(27)26-13-7-6-10-17(26)21-23-20(24-25-21)15-8-4-3-5-9-15/h3-5,8-9,11-12,14,17H,6-7,10,13H2,1-2H3,(H,23,24,25). The monoisotopic (exact) mass is 392 g/mol. The van der Waals surface area contributed by atoms with Crippen molar-refractivity contribution in [2.24, 2.45) is 0 Å². The molecule has 1 N–H and O–H groups in total. The fourth-order valence-electron chi connectivity index (χ4n) is 3.73. The lowest BCUT2D eigenvalue weighted by Gasteiger charge is -2.34. The zero-order valence-electron chi connectivity index (χ0n) is 16.6. The summed E-state index contributed by atoms with van der Waals surface area (Å²) in [5, 5.41) is 7.42. The molecule has 0 spiro atoms. The van der Waals surface area contributed by atoms with E-state index in [1.54, 1.807) is 32.4 Å². The van der Waals surface area contributed by atoms with Crippen LogP contribution < -0.4 is 9.47 Å². The number of likely N-dealkylation sites (tertiary alicyclic amines) is 1. The predicted octanol–water partition coefficient (Wildman–Crippen LogP) is 3.86. The summed E-state index contributed by atoms with van der Waals surface area (Å²) < 4.78 is 10.6. The van der Waals surface area contributed by atoms with Gasteiger partial charge in [-0.05, 0) is 37.5 Å². The fraction of sp³-hybridized carbons (Fsp3) is 0.318. The van der Waals surface area contributed by atoms with Gasteiger partial charge in [-0.15, -0.1) is 0 Å². The lowest BCUT2D eigenvalue weighted by molar-refractivity contribution is 0.0600. The molecule has 1 unspecified atom stereocenters. The molecule has 1 atom stereocenters. The lowest BCUT2D eigenvalue weighted by atomic mass is 10.00. The molecule has 150 valence electrons. The number of H-pyrrole nitrogens is 1. The van der Waals surface area contributed by atoms with Crippen molar-refractivity contribution >= 4 is 5.91 Å². The van der Waals surface area contributed by atoms with E-state index < -0.39 is 0 Å². The van der Waals surface area contributed by atoms with Gasteiger partial charge in [-0.1, -0.05) is 30.3 Å². The molecule has 7 heteroatoms. The number of hydrogen-bond acceptors (Lipinski definition) is 5. The topological polar surface area (TPSA) is 80.3 Å². The molecule has 2 heterocycles. The highest BCUT2D eigenvalue weighted by atomic mass is 16.5. The molecule has 2 aromatic carbocycles. The minimum absolute atomic E-state index is 0.0479. The highest BCUT2D eigenvalue weighted by Gasteiger charge is 2.31. The summed E-state index contributed by atoms with van der Waals surface area (Å²) in [4.78, 5) is 19.9. The van der Waals surface area contributed by atoms with Crippen molar-refractivity contribution in [3.63, 3.8) is 0 Å². The lowest BCUT2D eigenvalue weighted by Crippen LogP contribution is -2.39. The van der Waals surface area contributed by atoms with Gasteiger partial charge in [0.05, 0.1) is 20.3 Å². The maximum atomic E-state index is 13.3. The van der Waals surface area contributed by atoms with Crippen molar-refractivity contribution in [1.29, 1.82) is 0 Å². The van der Waals surface area contributed by atoms with Crippen LogP contribution in [0.1, 0.15) is 41.5 Å². The van der Waals surface area contributed by atoms with E-state index in [1.165, 1.54) is 0 Å². The van der Waals surface area contributed by atoms with E-state index in [0.717, 1.165) is 30.7 Å². The van der Waals surface area contributed by atoms with Gasteiger partial charge in [0.25, 0.3) is 5.91 Å². The molecule has 1 fully saturated rings. The highest BCUT2D eigenvalue weighted by molar-refractivity contribution is 5.95. The first-order valence-electron chi connectivity index (χ1n) is 9.72. The van der Waals surface area contributed by atoms with Gasteiger partial charge in [-0.2, -0.15) is 5.10 Å². The number of nitrogens with zero attached hydrogens (tertiary/aromatic N) is 3. The number of rotatable bonds is 5. The Labute approximate surface area is 169 Å². The number of nitrogens with one attached hydrogen (secondary N) is 1. The van der Waals surface area contributed by atoms with Gasteiger partial charge in [-0.25, -0.2) is 4.98 Å². The summed E-state index contributed by atoms with van der Waals surface area (Å²) in [6.45, 7) is 0.680. The van der Waals surface area contributed by atoms with Crippen LogP contribution in [-0.4, -0.2) is 46.8 Å². The third-order valence-electron chi connectivity index (χ3n) is 5.24. The number of aromatic amines is 1. The number of ether oxygens (including phenoxy) is 2. The Kier molecular flexibility index (Phi) is 5.46. The van der Waals surface area contributed by atoms with Crippen LogP contribution in [0.3, 0.4) is 0 Å². The van der Waals surface area contributed by atoms with Crippen molar-refractivity contribution < 1.29 is 14.3 Å². The van der Waals surface area contributed by atoms with Gasteiger partial charge in [-0.3, -0.25) is 9.89 Å². The maximum Gasteiger partial charge on any atom is 0.254 e. The van der Waals surface area contributed by atoms with Crippen molar-refractivity contribution in [1.82, 2.24) is 20.1 Å². The number of carbonyl (C=O) groups excluding carboxylic acids is 1. The van der Waals surface area contributed by atoms with E-state index in [4.69, 9.17) is 9.47 Å². The third-order valence-corrected chi connectivity index (χ3v) is 5.24. The maximum absolute atomic E-state index is 13.3. The summed E-state index contributed by atoms with van der Waals surface area (Å²) in [6, 6.07) is 14.9. The van der Waals surface area contributed by atoms with Crippen LogP contribution in [0.5, 0.6) is 11.5 Å². The number of methoxy groups -OCH3 is 2. The van der Waals surface area contributed by atoms with Crippen molar-refractivity contribution in [3.05, 3.63) is 59.9 Å². The van der Waals surface area contributed by atoms with Gasteiger partial charge < -0.3 is 14.4 Å². The second-order valence-electron chi connectivity index (χ2n) is 6.99. The first kappa shape index (κ1) is 19.0. The molecule has 1 saturated heterocycles. The van der Waals surface area contributed by atoms with Gasteiger partial charge >= 0.3 is 0 Å². The first-order chi connectivity index (χ1) is 14.2. The van der Waals surface area contributed by atoms with Gasteiger partial charge in [0.15, 0.2) is 17.3 Å². The van der Waals surface area contributed by atoms with Crippen LogP contribution in [0.15, 0.2) is 48.5 Å². The van der Waals surface area contributed by atoms with Crippen LogP contribution in [0.4, 0.5) is 0 Å². The van der Waals surface area contributed by atoms with Crippen LogP contribution in [0, 0.1) is 0 Å². The van der Waals surface area contributed by atoms with Crippen LogP contribution >= 0.6 is 0 Å². The highest BCUT2D eigenvalue weighted by Crippen LogP contribution is 2.33. The summed E-state index contributed by atoms with van der Waals surface area (Å²) >= 11 is 0. The molecule has 3 aromatic rings. The van der Waals surface area contributed by atoms with Crippen LogP contribution in [0.25, 0.3) is 11.4 Å². The van der Waals surface area contributed by atoms with Gasteiger partial charge in [0.2, 0.25) is 0 Å². The normalized spacial score (nSPS) is 16.5. The zero-order valence-corrected chi connectivity index (χ0v) is 16.6. The number of hydrogen-bond donors (Lipinski definition) is 1. The summed E-state index contributed by atoms with van der Waals surface area (Å²) in [7, 11) is 3.14. The first-order valence-corrected chi connectivity index (χ1v) is 9.72. The smallest absolute Gasteiger partial charge is 0.254 e. The SMILES string of the molecule is COc1ccc(C(=O)N2CCCCC2c2nc(-c3ccccc3)n[nH]2)cc1OC. The molecular formula is C22H24N4O3. The zero-order chi connectivity index (χ0) is 20.2. The van der Waals surface area contributed by atoms with E-state index in [-0.39, 0.29) is 11.9 Å². The van der Waals surface area contributed by atoms with E-state index in [2.05, 4.69) is 15.2 Å². The quantitative estimate of drug-likeness (QED) is 0.713. The molecule has 0 aliphatic carbocycles. The van der Waals surface area contributed by atoms with Crippen molar-refractivity contribution in [3.8, 4) is 22.9 Å². The molecule has 1 aromatic heterocycles. The second kappa shape index (κ2) is 8.34. The average Bonchev–Trinajstić information content (AvgIpc) is 3.29. The molecule has 0 bridgehead atoms. The average molecular weight is 392 g/mol. The Balaban J connectivity index is 1.61. The Morgan fingerprint density at radius 3 is 2.62 bits per heavy atom. The van der Waals surface area contributed by atoms with E-state index in [0.29, 0.717) is 29.4 Å². The summed E-state index contributed by atoms with van der Waals surface area (Å²) in [6.07, 6.45) is 2.86. The molecule has 7 nitrogen and oxygen atoms in total. The molecule has 29 heavy (non-hydrogen) atoms. The van der Waals surface area contributed by atoms with Crippen LogP contribution in [0.2, 0.25) is 0 Å². The van der Waals surface area contributed by atoms with E-state index in [9.17, 15) is 4.79 Å². The van der Waals surface area contributed by atoms with Crippen molar-refractivity contribution in [2.75, 3.05) is 20.8 Å². The van der Waals surface area contributed by atoms with Crippen LogP contribution in [-0.2, 0) is 0 Å². The summed E-state index contributed by atoms with van der Waals surface area (Å²) in [5.41, 5.74) is 1.51. The summed E-state index contributed by atoms with van der Waals surface area (Å²) in [5.74, 6) is 2.45. The van der Waals surface area contributed by atoms with Gasteiger partial charge in [0.1, 0.15) is 5.82 Å². The molecule has 4 rings (SSSR count). The Morgan fingerprint density at radius 2 is 1.86 bits per heavy atom. The predicted molar refractivity (Wildman–Crippen MR) is 109 cm³/mol. The van der Waals surface area contributed by atoms with Gasteiger partial charge in [0, 0.05) is 17.7 Å². The molecule has 1 aliphatic rings. The van der Waals surface area contributed by atoms with Crippen molar-refractivity contribution in [2.45, 2.75) is 25.3 Å². The number of amides is 1. The number of carbonyl (C=O) groups is 1. The van der Waals surface area contributed by atoms with E-state index in [1.807, 2.05) is 35.2 Å².